The predicted molar refractivity (Wildman–Crippen MR) is 63.7 cm³/mol. The van der Waals surface area contributed by atoms with Crippen LogP contribution in [0.15, 0.2) is 0 Å². The lowest BCUT2D eigenvalue weighted by Crippen LogP contribution is -2.63. The van der Waals surface area contributed by atoms with E-state index in [0.29, 0.717) is 12.8 Å². The van der Waals surface area contributed by atoms with Crippen LogP contribution in [-0.2, 0) is 9.59 Å². The van der Waals surface area contributed by atoms with E-state index in [2.05, 4.69) is 10.6 Å². The monoisotopic (exact) mass is 257 g/mol. The van der Waals surface area contributed by atoms with Gasteiger partial charge < -0.3 is 21.5 Å². The van der Waals surface area contributed by atoms with Gasteiger partial charge in [-0.1, -0.05) is 13.8 Å². The van der Waals surface area contributed by atoms with Gasteiger partial charge in [0.2, 0.25) is 5.91 Å². The molecule has 18 heavy (non-hydrogen) atoms. The first-order valence-electron chi connectivity index (χ1n) is 5.90. The average molecular weight is 257 g/mol. The Balaban J connectivity index is 2.72. The number of nitrogens with one attached hydrogen (secondary N) is 2. The number of hydrogen-bond acceptors (Lipinski definition) is 3. The lowest BCUT2D eigenvalue weighted by atomic mass is 9.76. The molecule has 0 radical (unpaired) electrons. The summed E-state index contributed by atoms with van der Waals surface area (Å²) in [5.74, 6) is -1.72. The molecule has 1 aliphatic rings. The number of rotatable bonds is 5. The van der Waals surface area contributed by atoms with Crippen LogP contribution in [0.4, 0.5) is 4.79 Å². The third-order valence-corrected chi connectivity index (χ3v) is 3.23. The van der Waals surface area contributed by atoms with E-state index >= 15 is 0 Å². The molecular formula is C11H19N3O4. The molecule has 0 heterocycles. The van der Waals surface area contributed by atoms with E-state index in [4.69, 9.17) is 10.8 Å². The number of carboxylic acids is 1. The Kier molecular flexibility index (Phi) is 4.15. The lowest BCUT2D eigenvalue weighted by molar-refractivity contribution is -0.152. The summed E-state index contributed by atoms with van der Waals surface area (Å²) in [7, 11) is 0. The third kappa shape index (κ3) is 2.91. The topological polar surface area (TPSA) is 122 Å². The normalized spacial score (nSPS) is 18.6. The summed E-state index contributed by atoms with van der Waals surface area (Å²) in [6, 6.07) is -1.62. The molecule has 0 spiro atoms. The standard InChI is InChI=1S/C11H19N3O4/c1-6(2)7(13-10(12)18)8(15)14-11(9(16)17)4-3-5-11/h6-7H,3-5H2,1-2H3,(H,14,15)(H,16,17)(H3,12,13,18). The van der Waals surface area contributed by atoms with Crippen molar-refractivity contribution in [3.63, 3.8) is 0 Å². The van der Waals surface area contributed by atoms with E-state index in [1.54, 1.807) is 13.8 Å². The Bertz CT molecular complexity index is 363. The summed E-state index contributed by atoms with van der Waals surface area (Å²) < 4.78 is 0. The number of carboxylic acid groups (broad SMARTS) is 1. The van der Waals surface area contributed by atoms with Gasteiger partial charge in [-0.15, -0.1) is 0 Å². The summed E-state index contributed by atoms with van der Waals surface area (Å²) >= 11 is 0. The largest absolute Gasteiger partial charge is 0.480 e. The highest BCUT2D eigenvalue weighted by molar-refractivity contribution is 5.92. The smallest absolute Gasteiger partial charge is 0.329 e. The van der Waals surface area contributed by atoms with Gasteiger partial charge >= 0.3 is 12.0 Å². The second-order valence-electron chi connectivity index (χ2n) is 4.96. The maximum atomic E-state index is 12.0. The number of primary amides is 1. The fourth-order valence-corrected chi connectivity index (χ4v) is 1.92. The van der Waals surface area contributed by atoms with Crippen LogP contribution in [0.1, 0.15) is 33.1 Å². The summed E-state index contributed by atoms with van der Waals surface area (Å²) in [4.78, 5) is 33.9. The van der Waals surface area contributed by atoms with Crippen molar-refractivity contribution in [1.29, 1.82) is 0 Å². The number of amides is 3. The van der Waals surface area contributed by atoms with Gasteiger partial charge in [-0.05, 0) is 25.2 Å². The molecule has 7 heteroatoms. The summed E-state index contributed by atoms with van der Waals surface area (Å²) in [5.41, 5.74) is 3.82. The van der Waals surface area contributed by atoms with E-state index in [0.717, 1.165) is 6.42 Å². The van der Waals surface area contributed by atoms with Crippen LogP contribution in [0.2, 0.25) is 0 Å². The Morgan fingerprint density at radius 3 is 2.11 bits per heavy atom. The van der Waals surface area contributed by atoms with Gasteiger partial charge in [0.25, 0.3) is 0 Å². The number of carbonyl (C=O) groups is 3. The maximum Gasteiger partial charge on any atom is 0.329 e. The van der Waals surface area contributed by atoms with Crippen LogP contribution in [0.5, 0.6) is 0 Å². The summed E-state index contributed by atoms with van der Waals surface area (Å²) in [6.45, 7) is 3.49. The van der Waals surface area contributed by atoms with Gasteiger partial charge in [0, 0.05) is 0 Å². The van der Waals surface area contributed by atoms with Crippen LogP contribution < -0.4 is 16.4 Å². The zero-order chi connectivity index (χ0) is 13.9. The van der Waals surface area contributed by atoms with E-state index in [-0.39, 0.29) is 5.92 Å². The summed E-state index contributed by atoms with van der Waals surface area (Å²) in [5, 5.41) is 13.9. The highest BCUT2D eigenvalue weighted by Gasteiger charge is 2.46. The zero-order valence-electron chi connectivity index (χ0n) is 10.5. The molecule has 1 fully saturated rings. The van der Waals surface area contributed by atoms with Gasteiger partial charge in [0.15, 0.2) is 0 Å². The predicted octanol–water partition coefficient (Wildman–Crippen LogP) is -0.197. The first-order chi connectivity index (χ1) is 8.28. The van der Waals surface area contributed by atoms with Crippen molar-refractivity contribution in [2.24, 2.45) is 11.7 Å². The molecule has 5 N–H and O–H groups in total. The van der Waals surface area contributed by atoms with Crippen LogP contribution in [0, 0.1) is 5.92 Å². The molecule has 1 unspecified atom stereocenters. The molecule has 1 atom stereocenters. The molecule has 0 aromatic carbocycles. The minimum Gasteiger partial charge on any atom is -0.480 e. The molecule has 1 rings (SSSR count). The van der Waals surface area contributed by atoms with Gasteiger partial charge in [-0.3, -0.25) is 4.79 Å². The molecule has 0 aromatic heterocycles. The Morgan fingerprint density at radius 1 is 1.28 bits per heavy atom. The van der Waals surface area contributed by atoms with Crippen LogP contribution in [-0.4, -0.2) is 34.6 Å². The molecule has 7 nitrogen and oxygen atoms in total. The van der Waals surface area contributed by atoms with Crippen molar-refractivity contribution >= 4 is 17.9 Å². The lowest BCUT2D eigenvalue weighted by Gasteiger charge is -2.39. The molecule has 0 aliphatic heterocycles. The second-order valence-corrected chi connectivity index (χ2v) is 4.96. The SMILES string of the molecule is CC(C)C(NC(N)=O)C(=O)NC1(C(=O)O)CCC1. The fraction of sp³-hybridized carbons (Fsp3) is 0.727. The van der Waals surface area contributed by atoms with Crippen LogP contribution in [0.25, 0.3) is 0 Å². The number of nitrogens with two attached hydrogens (primary N) is 1. The Hall–Kier alpha value is -1.79. The molecule has 1 aliphatic carbocycles. The van der Waals surface area contributed by atoms with Crippen molar-refractivity contribution in [3.05, 3.63) is 0 Å². The van der Waals surface area contributed by atoms with Crippen LogP contribution in [0.3, 0.4) is 0 Å². The van der Waals surface area contributed by atoms with E-state index in [1.165, 1.54) is 0 Å². The van der Waals surface area contributed by atoms with E-state index in [9.17, 15) is 14.4 Å². The first-order valence-corrected chi connectivity index (χ1v) is 5.90. The third-order valence-electron chi connectivity index (χ3n) is 3.23. The molecule has 3 amide bonds. The minimum atomic E-state index is -1.18. The first kappa shape index (κ1) is 14.3. The molecule has 1 saturated carbocycles. The van der Waals surface area contributed by atoms with Crippen molar-refractivity contribution < 1.29 is 19.5 Å². The number of urea groups is 1. The number of aliphatic carboxylic acids is 1. The molecule has 102 valence electrons. The Labute approximate surface area is 105 Å². The van der Waals surface area contributed by atoms with Gasteiger partial charge in [-0.2, -0.15) is 0 Å². The fourth-order valence-electron chi connectivity index (χ4n) is 1.92. The highest BCUT2D eigenvalue weighted by Crippen LogP contribution is 2.32. The maximum absolute atomic E-state index is 12.0. The van der Waals surface area contributed by atoms with Gasteiger partial charge in [-0.25, -0.2) is 9.59 Å². The van der Waals surface area contributed by atoms with E-state index < -0.39 is 29.5 Å². The van der Waals surface area contributed by atoms with Crippen molar-refractivity contribution in [2.75, 3.05) is 0 Å². The Morgan fingerprint density at radius 2 is 1.83 bits per heavy atom. The number of carbonyl (C=O) groups excluding carboxylic acids is 2. The van der Waals surface area contributed by atoms with Crippen molar-refractivity contribution in [3.8, 4) is 0 Å². The molecule has 0 bridgehead atoms. The molecular weight excluding hydrogens is 238 g/mol. The average Bonchev–Trinajstić information content (AvgIpc) is 2.18. The highest BCUT2D eigenvalue weighted by atomic mass is 16.4. The number of hydrogen-bond donors (Lipinski definition) is 4. The second kappa shape index (κ2) is 5.24. The quantitative estimate of drug-likeness (QED) is 0.545. The summed E-state index contributed by atoms with van der Waals surface area (Å²) in [6.07, 6.45) is 1.59. The molecule has 0 aromatic rings. The molecule has 0 saturated heterocycles. The van der Waals surface area contributed by atoms with Gasteiger partial charge in [0.1, 0.15) is 11.6 Å². The van der Waals surface area contributed by atoms with Crippen molar-refractivity contribution in [2.45, 2.75) is 44.7 Å². The van der Waals surface area contributed by atoms with Crippen LogP contribution >= 0.6 is 0 Å². The van der Waals surface area contributed by atoms with E-state index in [1.807, 2.05) is 0 Å². The minimum absolute atomic E-state index is 0.177. The zero-order valence-corrected chi connectivity index (χ0v) is 10.5. The van der Waals surface area contributed by atoms with Gasteiger partial charge in [0.05, 0.1) is 0 Å². The van der Waals surface area contributed by atoms with Crippen molar-refractivity contribution in [1.82, 2.24) is 10.6 Å².